The number of para-hydroxylation sites is 2. The summed E-state index contributed by atoms with van der Waals surface area (Å²) in [6.45, 7) is 7.92. The van der Waals surface area contributed by atoms with Crippen LogP contribution in [0.25, 0.3) is 0 Å². The zero-order valence-electron chi connectivity index (χ0n) is 15.4. The van der Waals surface area contributed by atoms with Crippen molar-refractivity contribution >= 4 is 11.6 Å². The smallest absolute Gasteiger partial charge is 0.224 e. The summed E-state index contributed by atoms with van der Waals surface area (Å²) in [5, 5.41) is 3.31. The summed E-state index contributed by atoms with van der Waals surface area (Å²) in [6, 6.07) is 18.1. The van der Waals surface area contributed by atoms with Crippen LogP contribution in [0.4, 0.5) is 5.69 Å². The van der Waals surface area contributed by atoms with Gasteiger partial charge in [0.15, 0.2) is 0 Å². The lowest BCUT2D eigenvalue weighted by atomic mass is 10.1. The zero-order valence-corrected chi connectivity index (χ0v) is 15.4. The number of hydrogen-bond acceptors (Lipinski definition) is 3. The van der Waals surface area contributed by atoms with E-state index in [1.54, 1.807) is 0 Å². The molecule has 2 rings (SSSR count). The second kappa shape index (κ2) is 9.72. The third-order valence-electron chi connectivity index (χ3n) is 3.98. The van der Waals surface area contributed by atoms with Gasteiger partial charge in [0.1, 0.15) is 5.75 Å². The quantitative estimate of drug-likeness (QED) is 0.739. The third kappa shape index (κ3) is 5.82. The average molecular weight is 340 g/mol. The minimum absolute atomic E-state index is 0.153. The number of carbonyl (C=O) groups excluding carboxylic acids is 1. The molecule has 1 N–H and O–H groups in total. The fourth-order valence-electron chi connectivity index (χ4n) is 2.68. The molecular formula is C21H28N2O2. The molecule has 4 nitrogen and oxygen atoms in total. The van der Waals surface area contributed by atoms with Crippen molar-refractivity contribution in [1.82, 2.24) is 4.90 Å². The molecule has 1 amide bonds. The van der Waals surface area contributed by atoms with Gasteiger partial charge in [0.25, 0.3) is 0 Å². The van der Waals surface area contributed by atoms with E-state index in [-0.39, 0.29) is 11.9 Å². The van der Waals surface area contributed by atoms with Gasteiger partial charge in [-0.2, -0.15) is 0 Å². The first kappa shape index (κ1) is 18.8. The maximum atomic E-state index is 12.6. The molecular weight excluding hydrogens is 312 g/mol. The van der Waals surface area contributed by atoms with Gasteiger partial charge in [-0.3, -0.25) is 4.79 Å². The van der Waals surface area contributed by atoms with Crippen molar-refractivity contribution in [1.29, 1.82) is 0 Å². The molecule has 25 heavy (non-hydrogen) atoms. The molecule has 0 heterocycles. The molecule has 0 aliphatic heterocycles. The number of rotatable bonds is 9. The largest absolute Gasteiger partial charge is 0.492 e. The lowest BCUT2D eigenvalue weighted by Crippen LogP contribution is -2.37. The lowest BCUT2D eigenvalue weighted by Gasteiger charge is -2.27. The highest BCUT2D eigenvalue weighted by molar-refractivity contribution is 5.77. The molecule has 0 saturated carbocycles. The Bertz CT molecular complexity index is 656. The minimum Gasteiger partial charge on any atom is -0.492 e. The number of amides is 1. The second-order valence-corrected chi connectivity index (χ2v) is 6.21. The van der Waals surface area contributed by atoms with Crippen molar-refractivity contribution in [2.45, 2.75) is 39.8 Å². The third-order valence-corrected chi connectivity index (χ3v) is 3.98. The topological polar surface area (TPSA) is 41.6 Å². The van der Waals surface area contributed by atoms with E-state index in [4.69, 9.17) is 4.74 Å². The molecule has 0 atom stereocenters. The first-order valence-electron chi connectivity index (χ1n) is 8.91. The Balaban J connectivity index is 1.91. The van der Waals surface area contributed by atoms with Crippen molar-refractivity contribution < 1.29 is 9.53 Å². The fraction of sp³-hybridized carbons (Fsp3) is 0.381. The Hall–Kier alpha value is -2.49. The van der Waals surface area contributed by atoms with E-state index in [1.807, 2.05) is 54.3 Å². The number of ether oxygens (including phenoxy) is 1. The van der Waals surface area contributed by atoms with E-state index in [9.17, 15) is 4.79 Å². The lowest BCUT2D eigenvalue weighted by molar-refractivity contribution is -0.133. The van der Waals surface area contributed by atoms with Gasteiger partial charge in [-0.25, -0.2) is 0 Å². The normalized spacial score (nSPS) is 10.6. The molecule has 0 aliphatic rings. The van der Waals surface area contributed by atoms with Gasteiger partial charge in [0, 0.05) is 25.6 Å². The molecule has 0 bridgehead atoms. The average Bonchev–Trinajstić information content (AvgIpc) is 2.62. The summed E-state index contributed by atoms with van der Waals surface area (Å²) in [6.07, 6.45) is 0.450. The van der Waals surface area contributed by atoms with Crippen LogP contribution in [-0.2, 0) is 11.3 Å². The SMILES string of the molecule is CCOc1ccccc1NCCC(=O)N(Cc1ccccc1)C(C)C. The summed E-state index contributed by atoms with van der Waals surface area (Å²) in [7, 11) is 0. The molecule has 0 fully saturated rings. The molecule has 0 saturated heterocycles. The number of nitrogens with zero attached hydrogens (tertiary/aromatic N) is 1. The number of benzene rings is 2. The van der Waals surface area contributed by atoms with Crippen molar-refractivity contribution in [2.75, 3.05) is 18.5 Å². The molecule has 0 spiro atoms. The standard InChI is InChI=1S/C21H28N2O2/c1-4-25-20-13-9-8-12-19(20)22-15-14-21(24)23(17(2)3)16-18-10-6-5-7-11-18/h5-13,17,22H,4,14-16H2,1-3H3. The van der Waals surface area contributed by atoms with E-state index in [0.717, 1.165) is 17.0 Å². The summed E-state index contributed by atoms with van der Waals surface area (Å²) in [5.41, 5.74) is 2.08. The maximum absolute atomic E-state index is 12.6. The molecule has 0 radical (unpaired) electrons. The van der Waals surface area contributed by atoms with Gasteiger partial charge in [-0.1, -0.05) is 42.5 Å². The summed E-state index contributed by atoms with van der Waals surface area (Å²) in [4.78, 5) is 14.6. The Morgan fingerprint density at radius 3 is 2.44 bits per heavy atom. The van der Waals surface area contributed by atoms with Crippen molar-refractivity contribution in [3.8, 4) is 5.75 Å². The molecule has 134 valence electrons. The second-order valence-electron chi connectivity index (χ2n) is 6.21. The van der Waals surface area contributed by atoms with Gasteiger partial charge in [-0.05, 0) is 38.5 Å². The van der Waals surface area contributed by atoms with Crippen LogP contribution in [0.2, 0.25) is 0 Å². The van der Waals surface area contributed by atoms with E-state index >= 15 is 0 Å². The van der Waals surface area contributed by atoms with Gasteiger partial charge in [-0.15, -0.1) is 0 Å². The summed E-state index contributed by atoms with van der Waals surface area (Å²) in [5.74, 6) is 0.975. The van der Waals surface area contributed by atoms with Crippen molar-refractivity contribution in [3.05, 3.63) is 60.2 Å². The number of carbonyl (C=O) groups is 1. The van der Waals surface area contributed by atoms with E-state index in [0.29, 0.717) is 26.1 Å². The molecule has 2 aromatic rings. The monoisotopic (exact) mass is 340 g/mol. The van der Waals surface area contributed by atoms with Gasteiger partial charge in [0.05, 0.1) is 12.3 Å². The highest BCUT2D eigenvalue weighted by atomic mass is 16.5. The summed E-state index contributed by atoms with van der Waals surface area (Å²) >= 11 is 0. The van der Waals surface area contributed by atoms with E-state index in [1.165, 1.54) is 0 Å². The Labute approximate surface area is 150 Å². The predicted molar refractivity (Wildman–Crippen MR) is 103 cm³/mol. The van der Waals surface area contributed by atoms with Crippen LogP contribution >= 0.6 is 0 Å². The van der Waals surface area contributed by atoms with Crippen molar-refractivity contribution in [3.63, 3.8) is 0 Å². The minimum atomic E-state index is 0.153. The van der Waals surface area contributed by atoms with Crippen LogP contribution in [0.5, 0.6) is 5.75 Å². The molecule has 2 aromatic carbocycles. The maximum Gasteiger partial charge on any atom is 0.224 e. The van der Waals surface area contributed by atoms with Crippen molar-refractivity contribution in [2.24, 2.45) is 0 Å². The molecule has 0 aromatic heterocycles. The Morgan fingerprint density at radius 1 is 1.08 bits per heavy atom. The highest BCUT2D eigenvalue weighted by Gasteiger charge is 2.17. The van der Waals surface area contributed by atoms with Crippen LogP contribution in [0, 0.1) is 0 Å². The fourth-order valence-corrected chi connectivity index (χ4v) is 2.68. The Morgan fingerprint density at radius 2 is 1.76 bits per heavy atom. The number of nitrogens with one attached hydrogen (secondary N) is 1. The predicted octanol–water partition coefficient (Wildman–Crippen LogP) is 4.32. The Kier molecular flexibility index (Phi) is 7.33. The van der Waals surface area contributed by atoms with Crippen LogP contribution < -0.4 is 10.1 Å². The molecule has 4 heteroatoms. The zero-order chi connectivity index (χ0) is 18.1. The van der Waals surface area contributed by atoms with E-state index < -0.39 is 0 Å². The first-order chi connectivity index (χ1) is 12.1. The van der Waals surface area contributed by atoms with Gasteiger partial charge >= 0.3 is 0 Å². The first-order valence-corrected chi connectivity index (χ1v) is 8.91. The van der Waals surface area contributed by atoms with E-state index in [2.05, 4.69) is 31.3 Å². The number of anilines is 1. The van der Waals surface area contributed by atoms with Gasteiger partial charge in [0.2, 0.25) is 5.91 Å². The van der Waals surface area contributed by atoms with Gasteiger partial charge < -0.3 is 15.0 Å². The van der Waals surface area contributed by atoms with Crippen LogP contribution in [0.3, 0.4) is 0 Å². The number of hydrogen-bond donors (Lipinski definition) is 1. The van der Waals surface area contributed by atoms with Crippen LogP contribution in [0.1, 0.15) is 32.8 Å². The molecule has 0 unspecified atom stereocenters. The highest BCUT2D eigenvalue weighted by Crippen LogP contribution is 2.23. The summed E-state index contributed by atoms with van der Waals surface area (Å²) < 4.78 is 5.60. The van der Waals surface area contributed by atoms with Crippen LogP contribution in [0.15, 0.2) is 54.6 Å². The molecule has 0 aliphatic carbocycles. The van der Waals surface area contributed by atoms with Crippen LogP contribution in [-0.4, -0.2) is 30.0 Å².